The van der Waals surface area contributed by atoms with Crippen LogP contribution in [0.3, 0.4) is 0 Å². The Hall–Kier alpha value is -2.30. The molecule has 1 heterocycles. The Morgan fingerprint density at radius 3 is 2.50 bits per heavy atom. The van der Waals surface area contributed by atoms with Gasteiger partial charge in [-0.15, -0.1) is 0 Å². The number of likely N-dealkylation sites (N-methyl/N-ethyl adjacent to an activating group) is 1. The summed E-state index contributed by atoms with van der Waals surface area (Å²) in [6.07, 6.45) is 0.889. The van der Waals surface area contributed by atoms with Crippen LogP contribution in [0.5, 0.6) is 5.75 Å². The number of benzene rings is 1. The molecular weight excluding hydrogens is 302 g/mol. The molecule has 0 aliphatic carbocycles. The first-order chi connectivity index (χ1) is 11.3. The van der Waals surface area contributed by atoms with Crippen molar-refractivity contribution in [2.45, 2.75) is 34.1 Å². The van der Waals surface area contributed by atoms with Crippen molar-refractivity contribution in [3.63, 3.8) is 0 Å². The number of nitrogens with one attached hydrogen (secondary N) is 1. The molecule has 130 valence electrons. The first kappa shape index (κ1) is 18.0. The number of aryl methyl sites for hydroxylation is 2. The van der Waals surface area contributed by atoms with E-state index in [0.29, 0.717) is 24.8 Å². The van der Waals surface area contributed by atoms with Crippen LogP contribution in [0.4, 0.5) is 0 Å². The maximum Gasteiger partial charge on any atom is 0.274 e. The Kier molecular flexibility index (Phi) is 6.01. The van der Waals surface area contributed by atoms with Gasteiger partial charge in [0.1, 0.15) is 18.1 Å². The number of carbonyl (C=O) groups excluding carboxylic acids is 1. The standard InChI is InChI=1S/C19H27N3O2/c1-13(2)8-16-12-18(21-20-16)19(23)22(5)6-7-24-17-10-14(3)9-15(4)11-17/h9-13H,6-8H2,1-5H3,(H,20,21). The summed E-state index contributed by atoms with van der Waals surface area (Å²) in [5.41, 5.74) is 3.79. The van der Waals surface area contributed by atoms with Crippen molar-refractivity contribution in [2.75, 3.05) is 20.2 Å². The maximum absolute atomic E-state index is 12.4. The van der Waals surface area contributed by atoms with Crippen molar-refractivity contribution in [3.05, 3.63) is 46.8 Å². The molecule has 0 saturated carbocycles. The Bertz CT molecular complexity index is 671. The molecule has 0 radical (unpaired) electrons. The van der Waals surface area contributed by atoms with Crippen molar-refractivity contribution in [1.82, 2.24) is 15.1 Å². The van der Waals surface area contributed by atoms with Crippen LogP contribution in [0, 0.1) is 19.8 Å². The molecule has 0 fully saturated rings. The number of aromatic amines is 1. The second kappa shape index (κ2) is 7.99. The van der Waals surface area contributed by atoms with Crippen LogP contribution in [0.15, 0.2) is 24.3 Å². The van der Waals surface area contributed by atoms with E-state index >= 15 is 0 Å². The molecule has 0 aliphatic rings. The lowest BCUT2D eigenvalue weighted by atomic mass is 10.1. The molecule has 1 aromatic heterocycles. The van der Waals surface area contributed by atoms with Crippen molar-refractivity contribution in [3.8, 4) is 5.75 Å². The quantitative estimate of drug-likeness (QED) is 0.847. The first-order valence-electron chi connectivity index (χ1n) is 8.36. The molecule has 1 aromatic carbocycles. The molecule has 0 atom stereocenters. The van der Waals surface area contributed by atoms with Crippen LogP contribution >= 0.6 is 0 Å². The van der Waals surface area contributed by atoms with Gasteiger partial charge in [0.05, 0.1) is 6.54 Å². The second-order valence-corrected chi connectivity index (χ2v) is 6.77. The van der Waals surface area contributed by atoms with Crippen LogP contribution in [0.1, 0.15) is 41.2 Å². The minimum absolute atomic E-state index is 0.0923. The molecule has 1 amide bonds. The molecule has 24 heavy (non-hydrogen) atoms. The normalized spacial score (nSPS) is 10.9. The van der Waals surface area contributed by atoms with E-state index < -0.39 is 0 Å². The Morgan fingerprint density at radius 1 is 1.21 bits per heavy atom. The van der Waals surface area contributed by atoms with Gasteiger partial charge in [0.15, 0.2) is 0 Å². The van der Waals surface area contributed by atoms with Gasteiger partial charge in [-0.25, -0.2) is 0 Å². The highest BCUT2D eigenvalue weighted by Gasteiger charge is 2.15. The Morgan fingerprint density at radius 2 is 1.88 bits per heavy atom. The van der Waals surface area contributed by atoms with E-state index in [-0.39, 0.29) is 5.91 Å². The molecule has 0 saturated heterocycles. The summed E-state index contributed by atoms with van der Waals surface area (Å²) in [5, 5.41) is 7.06. The van der Waals surface area contributed by atoms with Gasteiger partial charge >= 0.3 is 0 Å². The second-order valence-electron chi connectivity index (χ2n) is 6.77. The third-order valence-corrected chi connectivity index (χ3v) is 3.72. The number of ether oxygens (including phenoxy) is 1. The van der Waals surface area contributed by atoms with Crippen LogP contribution in [0.25, 0.3) is 0 Å². The fraction of sp³-hybridized carbons (Fsp3) is 0.474. The van der Waals surface area contributed by atoms with Gasteiger partial charge in [-0.1, -0.05) is 19.9 Å². The van der Waals surface area contributed by atoms with Gasteiger partial charge in [0.25, 0.3) is 5.91 Å². The number of rotatable bonds is 7. The average Bonchev–Trinajstić information content (AvgIpc) is 2.93. The number of hydrogen-bond donors (Lipinski definition) is 1. The molecule has 5 heteroatoms. The van der Waals surface area contributed by atoms with Crippen LogP contribution in [-0.4, -0.2) is 41.2 Å². The number of aromatic nitrogens is 2. The van der Waals surface area contributed by atoms with Gasteiger partial charge in [-0.3, -0.25) is 9.89 Å². The van der Waals surface area contributed by atoms with Crippen molar-refractivity contribution >= 4 is 5.91 Å². The predicted molar refractivity (Wildman–Crippen MR) is 95.5 cm³/mol. The zero-order valence-electron chi connectivity index (χ0n) is 15.2. The summed E-state index contributed by atoms with van der Waals surface area (Å²) in [6, 6.07) is 7.94. The molecule has 0 bridgehead atoms. The number of H-pyrrole nitrogens is 1. The number of hydrogen-bond acceptors (Lipinski definition) is 3. The van der Waals surface area contributed by atoms with Crippen molar-refractivity contribution in [2.24, 2.45) is 5.92 Å². The van der Waals surface area contributed by atoms with Crippen molar-refractivity contribution < 1.29 is 9.53 Å². The monoisotopic (exact) mass is 329 g/mol. The minimum Gasteiger partial charge on any atom is -0.492 e. The number of amides is 1. The lowest BCUT2D eigenvalue weighted by Gasteiger charge is -2.16. The minimum atomic E-state index is -0.0923. The van der Waals surface area contributed by atoms with E-state index in [0.717, 1.165) is 17.9 Å². The predicted octanol–water partition coefficient (Wildman–Crippen LogP) is 3.38. The molecule has 0 spiro atoms. The largest absolute Gasteiger partial charge is 0.492 e. The number of nitrogens with zero attached hydrogens (tertiary/aromatic N) is 2. The van der Waals surface area contributed by atoms with E-state index in [1.165, 1.54) is 11.1 Å². The van der Waals surface area contributed by atoms with E-state index in [2.05, 4.69) is 30.1 Å². The van der Waals surface area contributed by atoms with Crippen LogP contribution in [0.2, 0.25) is 0 Å². The van der Waals surface area contributed by atoms with E-state index in [1.54, 1.807) is 11.9 Å². The molecule has 5 nitrogen and oxygen atoms in total. The summed E-state index contributed by atoms with van der Waals surface area (Å²) < 4.78 is 5.76. The highest BCUT2D eigenvalue weighted by molar-refractivity contribution is 5.92. The molecule has 1 N–H and O–H groups in total. The SMILES string of the molecule is Cc1cc(C)cc(OCCN(C)C(=O)c2cc(CC(C)C)[nH]n2)c1. The molecule has 0 unspecified atom stereocenters. The van der Waals surface area contributed by atoms with E-state index in [1.807, 2.05) is 32.0 Å². The fourth-order valence-electron chi connectivity index (χ4n) is 2.63. The van der Waals surface area contributed by atoms with Gasteiger partial charge in [0.2, 0.25) is 0 Å². The van der Waals surface area contributed by atoms with Crippen LogP contribution in [-0.2, 0) is 6.42 Å². The summed E-state index contributed by atoms with van der Waals surface area (Å²) in [6.45, 7) is 9.33. The summed E-state index contributed by atoms with van der Waals surface area (Å²) >= 11 is 0. The van der Waals surface area contributed by atoms with E-state index in [4.69, 9.17) is 4.74 Å². The third-order valence-electron chi connectivity index (χ3n) is 3.72. The maximum atomic E-state index is 12.4. The lowest BCUT2D eigenvalue weighted by Crippen LogP contribution is -2.31. The van der Waals surface area contributed by atoms with Gasteiger partial charge in [-0.05, 0) is 55.5 Å². The summed E-state index contributed by atoms with van der Waals surface area (Å²) in [4.78, 5) is 14.0. The van der Waals surface area contributed by atoms with Gasteiger partial charge < -0.3 is 9.64 Å². The Balaban J connectivity index is 1.86. The molecule has 2 rings (SSSR count). The Labute approximate surface area is 144 Å². The molecule has 0 aliphatic heterocycles. The van der Waals surface area contributed by atoms with Crippen LogP contribution < -0.4 is 4.74 Å². The zero-order valence-corrected chi connectivity index (χ0v) is 15.2. The average molecular weight is 329 g/mol. The third kappa shape index (κ3) is 5.11. The highest BCUT2D eigenvalue weighted by atomic mass is 16.5. The topological polar surface area (TPSA) is 58.2 Å². The highest BCUT2D eigenvalue weighted by Crippen LogP contribution is 2.16. The van der Waals surface area contributed by atoms with E-state index in [9.17, 15) is 4.79 Å². The van der Waals surface area contributed by atoms with Gasteiger partial charge in [0, 0.05) is 12.7 Å². The van der Waals surface area contributed by atoms with Crippen molar-refractivity contribution in [1.29, 1.82) is 0 Å². The van der Waals surface area contributed by atoms with Gasteiger partial charge in [-0.2, -0.15) is 5.10 Å². The molecular formula is C19H27N3O2. The smallest absolute Gasteiger partial charge is 0.274 e. The molecule has 2 aromatic rings. The summed E-state index contributed by atoms with van der Waals surface area (Å²) in [7, 11) is 1.77. The number of carbonyl (C=O) groups is 1. The fourth-order valence-corrected chi connectivity index (χ4v) is 2.63. The lowest BCUT2D eigenvalue weighted by molar-refractivity contribution is 0.0768. The summed E-state index contributed by atoms with van der Waals surface area (Å²) in [5.74, 6) is 1.27. The first-order valence-corrected chi connectivity index (χ1v) is 8.36. The zero-order chi connectivity index (χ0) is 17.7.